The van der Waals surface area contributed by atoms with Gasteiger partial charge in [-0.1, -0.05) is 30.7 Å². The number of carbonyl (C=O) groups excluding carboxylic acids is 1. The van der Waals surface area contributed by atoms with Crippen LogP contribution in [0.3, 0.4) is 0 Å². The largest absolute Gasteiger partial charge is 0.455 e. The minimum Gasteiger partial charge on any atom is -0.455 e. The second kappa shape index (κ2) is 9.83. The number of aromatic nitrogens is 4. The molecule has 0 N–H and O–H groups in total. The fourth-order valence-electron chi connectivity index (χ4n) is 5.09. The monoisotopic (exact) mass is 532 g/mol. The topological polar surface area (TPSA) is 71.2 Å². The molecule has 4 aromatic rings. The molecule has 0 spiro atoms. The Hall–Kier alpha value is -3.37. The molecular formula is C26H24ClF3N4O3. The highest BCUT2D eigenvalue weighted by molar-refractivity contribution is 6.31. The first-order chi connectivity index (χ1) is 17.7. The first-order valence-corrected chi connectivity index (χ1v) is 12.2. The van der Waals surface area contributed by atoms with Gasteiger partial charge in [0.2, 0.25) is 0 Å². The Morgan fingerprint density at radius 1 is 1.16 bits per heavy atom. The van der Waals surface area contributed by atoms with Crippen molar-refractivity contribution in [2.45, 2.75) is 51.7 Å². The summed E-state index contributed by atoms with van der Waals surface area (Å²) in [7, 11) is 0. The first-order valence-electron chi connectivity index (χ1n) is 11.8. The van der Waals surface area contributed by atoms with Gasteiger partial charge in [-0.15, -0.1) is 5.10 Å². The molecule has 5 rings (SSSR count). The van der Waals surface area contributed by atoms with Crippen LogP contribution in [0.25, 0.3) is 22.2 Å². The highest BCUT2D eigenvalue weighted by Crippen LogP contribution is 2.43. The predicted octanol–water partition coefficient (Wildman–Crippen LogP) is 6.09. The fourth-order valence-corrected chi connectivity index (χ4v) is 5.27. The minimum atomic E-state index is -1.56. The molecule has 0 bridgehead atoms. The lowest BCUT2D eigenvalue weighted by Gasteiger charge is -2.45. The van der Waals surface area contributed by atoms with E-state index >= 15 is 0 Å². The Morgan fingerprint density at radius 2 is 1.89 bits per heavy atom. The summed E-state index contributed by atoms with van der Waals surface area (Å²) in [6.45, 7) is 5.26. The molecule has 0 unspecified atom stereocenters. The standard InChI is InChI=1S/C26H24ClF3N4O3/c1-4-22-13(2)24(34-12-20(31-32-34)16-10-18(28)23(30)19(29)11-16)25(36-14(3)35)26(37-22)33-8-7-15-9-17(27)5-6-21(15)33/h5-13,22,24-26H,4H2,1-3H3/t13-,22+,24-,25+,26+/m0/s1. The smallest absolute Gasteiger partial charge is 0.303 e. The van der Waals surface area contributed by atoms with Gasteiger partial charge in [0.1, 0.15) is 11.7 Å². The van der Waals surface area contributed by atoms with Gasteiger partial charge in [0.15, 0.2) is 29.8 Å². The van der Waals surface area contributed by atoms with E-state index in [1.54, 1.807) is 6.07 Å². The van der Waals surface area contributed by atoms with Crippen LogP contribution >= 0.6 is 11.6 Å². The molecule has 2 aromatic heterocycles. The fraction of sp³-hybridized carbons (Fsp3) is 0.346. The molecule has 7 nitrogen and oxygen atoms in total. The molecule has 0 aliphatic carbocycles. The maximum absolute atomic E-state index is 13.9. The molecule has 0 amide bonds. The van der Waals surface area contributed by atoms with Crippen LogP contribution in [-0.4, -0.2) is 37.7 Å². The molecule has 1 fully saturated rings. The number of hydrogen-bond acceptors (Lipinski definition) is 5. The van der Waals surface area contributed by atoms with Crippen molar-refractivity contribution in [3.05, 3.63) is 71.3 Å². The Labute approximate surface area is 215 Å². The number of hydrogen-bond donors (Lipinski definition) is 0. The maximum Gasteiger partial charge on any atom is 0.303 e. The van der Waals surface area contributed by atoms with Crippen molar-refractivity contribution in [1.82, 2.24) is 19.6 Å². The molecule has 2 aromatic carbocycles. The summed E-state index contributed by atoms with van der Waals surface area (Å²) in [5.74, 6) is -4.90. The normalized spacial score (nSPS) is 23.9. The van der Waals surface area contributed by atoms with Gasteiger partial charge >= 0.3 is 5.97 Å². The van der Waals surface area contributed by atoms with Gasteiger partial charge < -0.3 is 14.0 Å². The number of halogens is 4. The molecule has 3 heterocycles. The molecule has 11 heteroatoms. The van der Waals surface area contributed by atoms with Crippen LogP contribution in [0.2, 0.25) is 5.02 Å². The summed E-state index contributed by atoms with van der Waals surface area (Å²) in [5, 5.41) is 9.78. The molecule has 1 saturated heterocycles. The molecule has 0 saturated carbocycles. The highest BCUT2D eigenvalue weighted by Gasteiger charge is 2.48. The Balaban J connectivity index is 1.60. The van der Waals surface area contributed by atoms with Crippen LogP contribution in [0.4, 0.5) is 13.2 Å². The van der Waals surface area contributed by atoms with Gasteiger partial charge in [-0.3, -0.25) is 4.79 Å². The maximum atomic E-state index is 13.9. The third kappa shape index (κ3) is 4.59. The number of esters is 1. The summed E-state index contributed by atoms with van der Waals surface area (Å²) < 4.78 is 56.9. The van der Waals surface area contributed by atoms with E-state index in [1.165, 1.54) is 17.8 Å². The SMILES string of the molecule is CC[C@H]1O[C@@H](n2ccc3cc(Cl)ccc32)[C@H](OC(C)=O)[C@@H](n2cc(-c3cc(F)c(F)c(F)c3)nn2)[C@H]1C. The van der Waals surface area contributed by atoms with Crippen molar-refractivity contribution in [3.8, 4) is 11.3 Å². The molecule has 5 atom stereocenters. The first kappa shape index (κ1) is 25.3. The third-order valence-electron chi connectivity index (χ3n) is 6.81. The Kier molecular flexibility index (Phi) is 6.72. The van der Waals surface area contributed by atoms with Gasteiger partial charge in [-0.25, -0.2) is 17.9 Å². The van der Waals surface area contributed by atoms with Gasteiger partial charge in [0, 0.05) is 35.0 Å². The Bertz CT molecular complexity index is 1450. The van der Waals surface area contributed by atoms with Crippen molar-refractivity contribution < 1.29 is 27.4 Å². The van der Waals surface area contributed by atoms with Crippen LogP contribution in [0.15, 0.2) is 48.8 Å². The second-order valence-electron chi connectivity index (χ2n) is 9.16. The van der Waals surface area contributed by atoms with Crippen LogP contribution in [0, 0.1) is 23.4 Å². The van der Waals surface area contributed by atoms with Crippen LogP contribution in [-0.2, 0) is 14.3 Å². The van der Waals surface area contributed by atoms with Crippen molar-refractivity contribution in [2.24, 2.45) is 5.92 Å². The van der Waals surface area contributed by atoms with Crippen LogP contribution in [0.5, 0.6) is 0 Å². The van der Waals surface area contributed by atoms with E-state index in [1.807, 2.05) is 42.8 Å². The average molecular weight is 533 g/mol. The van der Waals surface area contributed by atoms with E-state index in [4.69, 9.17) is 21.1 Å². The zero-order valence-corrected chi connectivity index (χ0v) is 21.0. The zero-order valence-electron chi connectivity index (χ0n) is 20.2. The second-order valence-corrected chi connectivity index (χ2v) is 9.60. The van der Waals surface area contributed by atoms with Crippen molar-refractivity contribution in [1.29, 1.82) is 0 Å². The lowest BCUT2D eigenvalue weighted by atomic mass is 9.86. The van der Waals surface area contributed by atoms with Crippen LogP contribution in [0.1, 0.15) is 39.5 Å². The van der Waals surface area contributed by atoms with Gasteiger partial charge in [0.05, 0.1) is 17.8 Å². The van der Waals surface area contributed by atoms with Gasteiger partial charge in [-0.05, 0) is 42.8 Å². The average Bonchev–Trinajstić information content (AvgIpc) is 3.49. The lowest BCUT2D eigenvalue weighted by Crippen LogP contribution is -2.50. The third-order valence-corrected chi connectivity index (χ3v) is 7.05. The Morgan fingerprint density at radius 3 is 2.57 bits per heavy atom. The number of carbonyl (C=O) groups is 1. The molecular weight excluding hydrogens is 509 g/mol. The van der Waals surface area contributed by atoms with Gasteiger partial charge in [-0.2, -0.15) is 0 Å². The number of nitrogens with zero attached hydrogens (tertiary/aromatic N) is 4. The quantitative estimate of drug-likeness (QED) is 0.230. The van der Waals surface area contributed by atoms with Crippen molar-refractivity contribution in [2.75, 3.05) is 0 Å². The molecule has 1 aliphatic heterocycles. The molecule has 0 radical (unpaired) electrons. The summed E-state index contributed by atoms with van der Waals surface area (Å²) in [6, 6.07) is 8.55. The van der Waals surface area contributed by atoms with Crippen LogP contribution < -0.4 is 0 Å². The molecule has 194 valence electrons. The number of rotatable bonds is 5. The number of benzene rings is 2. The van der Waals surface area contributed by atoms with Crippen molar-refractivity contribution >= 4 is 28.5 Å². The number of ether oxygens (including phenoxy) is 2. The van der Waals surface area contributed by atoms with Crippen molar-refractivity contribution in [3.63, 3.8) is 0 Å². The summed E-state index contributed by atoms with van der Waals surface area (Å²) in [4.78, 5) is 12.2. The predicted molar refractivity (Wildman–Crippen MR) is 130 cm³/mol. The molecule has 1 aliphatic rings. The van der Waals surface area contributed by atoms with E-state index in [2.05, 4.69) is 10.3 Å². The minimum absolute atomic E-state index is 0.0308. The van der Waals surface area contributed by atoms with E-state index in [-0.39, 0.29) is 23.3 Å². The number of fused-ring (bicyclic) bond motifs is 1. The lowest BCUT2D eigenvalue weighted by molar-refractivity contribution is -0.215. The zero-order chi connectivity index (χ0) is 26.4. The van der Waals surface area contributed by atoms with E-state index < -0.39 is 41.8 Å². The van der Waals surface area contributed by atoms with E-state index in [0.29, 0.717) is 11.4 Å². The summed E-state index contributed by atoms with van der Waals surface area (Å²) in [5.41, 5.74) is 1.01. The van der Waals surface area contributed by atoms with E-state index in [9.17, 15) is 18.0 Å². The molecule has 37 heavy (non-hydrogen) atoms. The summed E-state index contributed by atoms with van der Waals surface area (Å²) >= 11 is 6.16. The van der Waals surface area contributed by atoms with Gasteiger partial charge in [0.25, 0.3) is 0 Å². The summed E-state index contributed by atoms with van der Waals surface area (Å²) in [6.07, 6.45) is 2.26. The van der Waals surface area contributed by atoms with E-state index in [0.717, 1.165) is 23.0 Å². The highest BCUT2D eigenvalue weighted by atomic mass is 35.5.